The molecule has 5 nitrogen and oxygen atoms in total. The lowest BCUT2D eigenvalue weighted by atomic mass is 10.1. The van der Waals surface area contributed by atoms with E-state index in [-0.39, 0.29) is 12.5 Å². The van der Waals surface area contributed by atoms with Crippen molar-refractivity contribution >= 4 is 33.4 Å². The highest BCUT2D eigenvalue weighted by Gasteiger charge is 2.23. The fourth-order valence-electron chi connectivity index (χ4n) is 2.96. The van der Waals surface area contributed by atoms with Crippen LogP contribution in [-0.4, -0.2) is 32.9 Å². The summed E-state index contributed by atoms with van der Waals surface area (Å²) in [5.41, 5.74) is 1.55. The number of nitrogens with zero attached hydrogens (tertiary/aromatic N) is 1. The molecule has 156 valence electrons. The molecule has 0 aliphatic rings. The largest absolute Gasteiger partial charge is 0.351 e. The van der Waals surface area contributed by atoms with Crippen LogP contribution in [-0.2, 0) is 16.6 Å². The molecule has 0 unspecified atom stereocenters. The third-order valence-electron chi connectivity index (χ3n) is 4.39. The molecule has 0 fully saturated rings. The molecule has 7 heteroatoms. The summed E-state index contributed by atoms with van der Waals surface area (Å²) in [5, 5.41) is 2.90. The number of rotatable bonds is 9. The molecule has 0 aliphatic heterocycles. The summed E-state index contributed by atoms with van der Waals surface area (Å²) in [6.45, 7) is 0.637. The summed E-state index contributed by atoms with van der Waals surface area (Å²) in [6, 6.07) is 26.1. The van der Waals surface area contributed by atoms with Gasteiger partial charge in [0.15, 0.2) is 0 Å². The Morgan fingerprint density at radius 3 is 2.17 bits per heavy atom. The predicted molar refractivity (Wildman–Crippen MR) is 123 cm³/mol. The average Bonchev–Trinajstić information content (AvgIpc) is 2.75. The summed E-state index contributed by atoms with van der Waals surface area (Å²) < 4.78 is 26.3. The van der Waals surface area contributed by atoms with E-state index in [1.807, 2.05) is 60.7 Å². The van der Waals surface area contributed by atoms with Crippen LogP contribution in [0.5, 0.6) is 0 Å². The average molecular weight is 441 g/mol. The van der Waals surface area contributed by atoms with Gasteiger partial charge < -0.3 is 5.32 Å². The van der Waals surface area contributed by atoms with Crippen LogP contribution in [0.25, 0.3) is 0 Å². The molecule has 1 amide bonds. The minimum Gasteiger partial charge on any atom is -0.351 e. The van der Waals surface area contributed by atoms with Gasteiger partial charge in [-0.3, -0.25) is 9.10 Å². The molecule has 3 aromatic rings. The smallest absolute Gasteiger partial charge is 0.253 e. The zero-order chi connectivity index (χ0) is 21.4. The van der Waals surface area contributed by atoms with Gasteiger partial charge in [-0.25, -0.2) is 8.42 Å². The number of hydrogen-bond donors (Lipinski definition) is 1. The number of amides is 1. The number of thioether (sulfide) groups is 1. The first-order valence-corrected chi connectivity index (χ1v) is 12.4. The molecule has 0 spiro atoms. The third kappa shape index (κ3) is 6.11. The molecule has 0 saturated carbocycles. The second-order valence-corrected chi connectivity index (χ2v) is 9.76. The molecule has 0 radical (unpaired) electrons. The lowest BCUT2D eigenvalue weighted by Gasteiger charge is -2.24. The monoisotopic (exact) mass is 440 g/mol. The maximum Gasteiger partial charge on any atom is 0.253 e. The van der Waals surface area contributed by atoms with E-state index in [1.165, 1.54) is 4.31 Å². The van der Waals surface area contributed by atoms with Crippen molar-refractivity contribution in [1.29, 1.82) is 0 Å². The van der Waals surface area contributed by atoms with E-state index in [0.717, 1.165) is 22.5 Å². The Labute approximate surface area is 182 Å². The molecule has 30 heavy (non-hydrogen) atoms. The summed E-state index contributed by atoms with van der Waals surface area (Å²) in [5.74, 6) is 0.429. The van der Waals surface area contributed by atoms with Gasteiger partial charge in [-0.2, -0.15) is 0 Å². The Bertz CT molecular complexity index is 1070. The van der Waals surface area contributed by atoms with Gasteiger partial charge in [0.05, 0.1) is 24.1 Å². The van der Waals surface area contributed by atoms with Crippen molar-refractivity contribution in [2.75, 3.05) is 22.9 Å². The fourth-order valence-corrected chi connectivity index (χ4v) is 4.65. The maximum atomic E-state index is 12.8. The molecule has 3 aromatic carbocycles. The number of anilines is 1. The molecular formula is C23H24N2O3S2. The highest BCUT2D eigenvalue weighted by atomic mass is 32.2. The number of nitrogens with one attached hydrogen (secondary N) is 1. The molecule has 0 atom stereocenters. The molecule has 0 bridgehead atoms. The van der Waals surface area contributed by atoms with E-state index in [9.17, 15) is 13.2 Å². The maximum absolute atomic E-state index is 12.8. The van der Waals surface area contributed by atoms with Crippen LogP contribution in [0.4, 0.5) is 5.69 Å². The van der Waals surface area contributed by atoms with E-state index < -0.39 is 10.0 Å². The fraction of sp³-hybridized carbons (Fsp3) is 0.174. The Hall–Kier alpha value is -2.77. The molecule has 1 N–H and O–H groups in total. The van der Waals surface area contributed by atoms with Crippen LogP contribution in [0, 0.1) is 0 Å². The van der Waals surface area contributed by atoms with Crippen LogP contribution >= 0.6 is 11.8 Å². The molecule has 0 aliphatic carbocycles. The van der Waals surface area contributed by atoms with E-state index in [2.05, 4.69) is 5.32 Å². The topological polar surface area (TPSA) is 66.5 Å². The first-order valence-electron chi connectivity index (χ1n) is 9.52. The van der Waals surface area contributed by atoms with Gasteiger partial charge in [0.25, 0.3) is 5.91 Å². The van der Waals surface area contributed by atoms with Crippen molar-refractivity contribution in [3.63, 3.8) is 0 Å². The number of para-hydroxylation sites is 1. The van der Waals surface area contributed by atoms with E-state index in [1.54, 1.807) is 36.0 Å². The van der Waals surface area contributed by atoms with Gasteiger partial charge in [0.1, 0.15) is 0 Å². The van der Waals surface area contributed by atoms with Crippen molar-refractivity contribution in [2.45, 2.75) is 11.4 Å². The summed E-state index contributed by atoms with van der Waals surface area (Å²) in [6.07, 6.45) is 1.15. The van der Waals surface area contributed by atoms with Gasteiger partial charge in [-0.1, -0.05) is 60.7 Å². The first-order chi connectivity index (χ1) is 14.4. The Morgan fingerprint density at radius 2 is 1.50 bits per heavy atom. The van der Waals surface area contributed by atoms with E-state index >= 15 is 0 Å². The van der Waals surface area contributed by atoms with Crippen molar-refractivity contribution in [1.82, 2.24) is 5.32 Å². The minimum absolute atomic E-state index is 0.161. The van der Waals surface area contributed by atoms with Gasteiger partial charge in [-0.05, 0) is 29.8 Å². The van der Waals surface area contributed by atoms with Crippen molar-refractivity contribution in [2.24, 2.45) is 0 Å². The minimum atomic E-state index is -3.58. The summed E-state index contributed by atoms with van der Waals surface area (Å²) in [4.78, 5) is 14.0. The third-order valence-corrected chi connectivity index (χ3v) is 6.53. The normalized spacial score (nSPS) is 11.1. The Morgan fingerprint density at radius 1 is 0.900 bits per heavy atom. The number of benzene rings is 3. The second kappa shape index (κ2) is 10.3. The van der Waals surface area contributed by atoms with Crippen molar-refractivity contribution in [3.8, 4) is 0 Å². The standard InChI is InChI=1S/C23H24N2O3S2/c1-30(27,28)25(18-19-10-4-2-5-11-19)22-15-9-8-14-21(22)23(26)24-16-17-29-20-12-6-3-7-13-20/h2-15H,16-18H2,1H3,(H,24,26). The molecule has 0 heterocycles. The zero-order valence-electron chi connectivity index (χ0n) is 16.7. The van der Waals surface area contributed by atoms with E-state index in [0.29, 0.717) is 17.8 Å². The van der Waals surface area contributed by atoms with Gasteiger partial charge in [0.2, 0.25) is 10.0 Å². The Balaban J connectivity index is 1.73. The quantitative estimate of drug-likeness (QED) is 0.401. The van der Waals surface area contributed by atoms with Gasteiger partial charge in [-0.15, -0.1) is 11.8 Å². The molecule has 0 aromatic heterocycles. The summed E-state index contributed by atoms with van der Waals surface area (Å²) in [7, 11) is -3.58. The number of carbonyl (C=O) groups excluding carboxylic acids is 1. The summed E-state index contributed by atoms with van der Waals surface area (Å²) >= 11 is 1.65. The van der Waals surface area contributed by atoms with Gasteiger partial charge in [0, 0.05) is 17.2 Å². The number of hydrogen-bond acceptors (Lipinski definition) is 4. The van der Waals surface area contributed by atoms with Crippen LogP contribution in [0.3, 0.4) is 0 Å². The van der Waals surface area contributed by atoms with Crippen LogP contribution in [0.1, 0.15) is 15.9 Å². The van der Waals surface area contributed by atoms with Crippen molar-refractivity contribution < 1.29 is 13.2 Å². The molecular weight excluding hydrogens is 416 g/mol. The SMILES string of the molecule is CS(=O)(=O)N(Cc1ccccc1)c1ccccc1C(=O)NCCSc1ccccc1. The van der Waals surface area contributed by atoms with Gasteiger partial charge >= 0.3 is 0 Å². The van der Waals surface area contributed by atoms with Crippen molar-refractivity contribution in [3.05, 3.63) is 96.1 Å². The predicted octanol–water partition coefficient (Wildman–Crippen LogP) is 4.17. The zero-order valence-corrected chi connectivity index (χ0v) is 18.3. The molecule has 3 rings (SSSR count). The highest BCUT2D eigenvalue weighted by Crippen LogP contribution is 2.25. The lowest BCUT2D eigenvalue weighted by Crippen LogP contribution is -2.33. The van der Waals surface area contributed by atoms with E-state index in [4.69, 9.17) is 0 Å². The number of carbonyl (C=O) groups is 1. The van der Waals surface area contributed by atoms with Crippen LogP contribution < -0.4 is 9.62 Å². The number of sulfonamides is 1. The molecule has 0 saturated heterocycles. The highest BCUT2D eigenvalue weighted by molar-refractivity contribution is 7.99. The van der Waals surface area contributed by atoms with Crippen LogP contribution in [0.2, 0.25) is 0 Å². The second-order valence-electron chi connectivity index (χ2n) is 6.69. The first kappa shape index (κ1) is 21.9. The Kier molecular flexibility index (Phi) is 7.54. The lowest BCUT2D eigenvalue weighted by molar-refractivity contribution is 0.0957. The van der Waals surface area contributed by atoms with Crippen LogP contribution in [0.15, 0.2) is 89.8 Å².